The number of hydrogen-bond acceptors (Lipinski definition) is 4. The molecule has 0 atom stereocenters. The Kier molecular flexibility index (Phi) is 4.63. The van der Waals surface area contributed by atoms with Gasteiger partial charge in [-0.15, -0.1) is 11.8 Å². The van der Waals surface area contributed by atoms with E-state index < -0.39 is 0 Å². The lowest BCUT2D eigenvalue weighted by Gasteiger charge is -2.29. The highest BCUT2D eigenvalue weighted by molar-refractivity contribution is 8.00. The van der Waals surface area contributed by atoms with Crippen molar-refractivity contribution in [3.63, 3.8) is 0 Å². The predicted molar refractivity (Wildman–Crippen MR) is 76.0 cm³/mol. The first-order valence-corrected chi connectivity index (χ1v) is 7.15. The van der Waals surface area contributed by atoms with Crippen molar-refractivity contribution in [2.45, 2.75) is 17.9 Å². The summed E-state index contributed by atoms with van der Waals surface area (Å²) in [6.45, 7) is 2.14. The van der Waals surface area contributed by atoms with Crippen LogP contribution in [0.15, 0.2) is 23.1 Å². The Labute approximate surface area is 112 Å². The fourth-order valence-electron chi connectivity index (χ4n) is 2.06. The van der Waals surface area contributed by atoms with E-state index in [0.717, 1.165) is 18.7 Å². The second-order valence-electron chi connectivity index (χ2n) is 4.31. The van der Waals surface area contributed by atoms with Crippen LogP contribution in [0.2, 0.25) is 0 Å². The molecule has 0 aliphatic carbocycles. The number of carbonyl (C=O) groups excluding carboxylic acids is 1. The third-order valence-electron chi connectivity index (χ3n) is 2.93. The van der Waals surface area contributed by atoms with E-state index >= 15 is 0 Å². The molecule has 4 nitrogen and oxygen atoms in total. The highest BCUT2D eigenvalue weighted by Crippen LogP contribution is 2.35. The summed E-state index contributed by atoms with van der Waals surface area (Å²) in [6.07, 6.45) is 0.839. The third kappa shape index (κ3) is 2.85. The van der Waals surface area contributed by atoms with Gasteiger partial charge in [0.2, 0.25) is 5.91 Å². The summed E-state index contributed by atoms with van der Waals surface area (Å²) in [6, 6.07) is 6.32. The summed E-state index contributed by atoms with van der Waals surface area (Å²) >= 11 is 1.62. The summed E-state index contributed by atoms with van der Waals surface area (Å²) in [5, 5.41) is 3.13. The normalized spacial score (nSPS) is 14.8. The SMILES string of the molecule is CNCc1ccc2c(c1)N(CCCN)C(=O)CS2. The number of anilines is 1. The molecule has 18 heavy (non-hydrogen) atoms. The monoisotopic (exact) mass is 265 g/mol. The van der Waals surface area contributed by atoms with Gasteiger partial charge in [0.05, 0.1) is 11.4 Å². The molecular formula is C13H19N3OS. The maximum atomic E-state index is 12.0. The zero-order chi connectivity index (χ0) is 13.0. The molecule has 2 rings (SSSR count). The van der Waals surface area contributed by atoms with E-state index in [1.807, 2.05) is 11.9 Å². The molecule has 1 aromatic carbocycles. The number of thioether (sulfide) groups is 1. The molecule has 0 saturated heterocycles. The number of rotatable bonds is 5. The van der Waals surface area contributed by atoms with Crippen LogP contribution in [0, 0.1) is 0 Å². The molecule has 98 valence electrons. The van der Waals surface area contributed by atoms with Gasteiger partial charge in [0.15, 0.2) is 0 Å². The number of benzene rings is 1. The van der Waals surface area contributed by atoms with Crippen molar-refractivity contribution in [3.8, 4) is 0 Å². The molecule has 1 heterocycles. The fraction of sp³-hybridized carbons (Fsp3) is 0.462. The lowest BCUT2D eigenvalue weighted by Crippen LogP contribution is -2.37. The smallest absolute Gasteiger partial charge is 0.237 e. The molecule has 1 aliphatic rings. The van der Waals surface area contributed by atoms with Crippen molar-refractivity contribution < 1.29 is 4.79 Å². The maximum absolute atomic E-state index is 12.0. The molecule has 0 unspecified atom stereocenters. The minimum atomic E-state index is 0.183. The Morgan fingerprint density at radius 1 is 1.50 bits per heavy atom. The molecule has 5 heteroatoms. The molecule has 1 aromatic rings. The lowest BCUT2D eigenvalue weighted by atomic mass is 10.1. The van der Waals surface area contributed by atoms with Crippen LogP contribution in [0.3, 0.4) is 0 Å². The Morgan fingerprint density at radius 3 is 3.06 bits per heavy atom. The summed E-state index contributed by atoms with van der Waals surface area (Å²) in [5.74, 6) is 0.714. The van der Waals surface area contributed by atoms with Crippen LogP contribution in [0.4, 0.5) is 5.69 Å². The minimum Gasteiger partial charge on any atom is -0.330 e. The molecular weight excluding hydrogens is 246 g/mol. The Morgan fingerprint density at radius 2 is 2.33 bits per heavy atom. The summed E-state index contributed by atoms with van der Waals surface area (Å²) < 4.78 is 0. The van der Waals surface area contributed by atoms with Crippen molar-refractivity contribution in [1.29, 1.82) is 0 Å². The first-order chi connectivity index (χ1) is 8.76. The Hall–Kier alpha value is -1.04. The third-order valence-corrected chi connectivity index (χ3v) is 3.98. The molecule has 0 aromatic heterocycles. The average Bonchev–Trinajstić information content (AvgIpc) is 2.38. The van der Waals surface area contributed by atoms with Crippen molar-refractivity contribution in [2.24, 2.45) is 5.73 Å². The number of hydrogen-bond donors (Lipinski definition) is 2. The number of nitrogens with two attached hydrogens (primary N) is 1. The van der Waals surface area contributed by atoms with Gasteiger partial charge in [-0.1, -0.05) is 6.07 Å². The van der Waals surface area contributed by atoms with Gasteiger partial charge in [-0.25, -0.2) is 0 Å². The molecule has 0 fully saturated rings. The van der Waals surface area contributed by atoms with Crippen LogP contribution in [0.5, 0.6) is 0 Å². The fourth-order valence-corrected chi connectivity index (χ4v) is 2.97. The first kappa shape index (κ1) is 13.4. The number of amides is 1. The predicted octanol–water partition coefficient (Wildman–Crippen LogP) is 1.19. The van der Waals surface area contributed by atoms with Crippen LogP contribution in [-0.2, 0) is 11.3 Å². The van der Waals surface area contributed by atoms with E-state index in [1.54, 1.807) is 11.8 Å². The van der Waals surface area contributed by atoms with Crippen molar-refractivity contribution in [1.82, 2.24) is 5.32 Å². The maximum Gasteiger partial charge on any atom is 0.237 e. The van der Waals surface area contributed by atoms with Crippen LogP contribution >= 0.6 is 11.8 Å². The minimum absolute atomic E-state index is 0.183. The van der Waals surface area contributed by atoms with Gasteiger partial charge in [-0.05, 0) is 37.7 Å². The van der Waals surface area contributed by atoms with Crippen LogP contribution in [0.1, 0.15) is 12.0 Å². The second-order valence-corrected chi connectivity index (χ2v) is 5.33. The van der Waals surface area contributed by atoms with E-state index in [9.17, 15) is 4.79 Å². The van der Waals surface area contributed by atoms with E-state index in [2.05, 4.69) is 23.5 Å². The molecule has 0 radical (unpaired) electrons. The van der Waals surface area contributed by atoms with Gasteiger partial charge in [0.1, 0.15) is 0 Å². The summed E-state index contributed by atoms with van der Waals surface area (Å²) in [7, 11) is 1.92. The van der Waals surface area contributed by atoms with Crippen molar-refractivity contribution >= 4 is 23.4 Å². The van der Waals surface area contributed by atoms with Crippen molar-refractivity contribution in [3.05, 3.63) is 23.8 Å². The van der Waals surface area contributed by atoms with E-state index in [1.165, 1.54) is 10.5 Å². The number of nitrogens with zero attached hydrogens (tertiary/aromatic N) is 1. The van der Waals surface area contributed by atoms with Gasteiger partial charge < -0.3 is 16.0 Å². The molecule has 1 amide bonds. The number of nitrogens with one attached hydrogen (secondary N) is 1. The van der Waals surface area contributed by atoms with Crippen LogP contribution in [-0.4, -0.2) is 31.8 Å². The van der Waals surface area contributed by atoms with Crippen molar-refractivity contribution in [2.75, 3.05) is 30.8 Å². The van der Waals surface area contributed by atoms with Gasteiger partial charge in [-0.3, -0.25) is 4.79 Å². The quantitative estimate of drug-likeness (QED) is 0.840. The van der Waals surface area contributed by atoms with E-state index in [-0.39, 0.29) is 5.91 Å². The topological polar surface area (TPSA) is 58.4 Å². The number of fused-ring (bicyclic) bond motifs is 1. The molecule has 3 N–H and O–H groups in total. The summed E-state index contributed by atoms with van der Waals surface area (Å²) in [5.41, 5.74) is 7.77. The molecule has 0 saturated carbocycles. The average molecular weight is 265 g/mol. The molecule has 1 aliphatic heterocycles. The Bertz CT molecular complexity index is 436. The second kappa shape index (κ2) is 6.22. The largest absolute Gasteiger partial charge is 0.330 e. The standard InChI is InChI=1S/C13H19N3OS/c1-15-8-10-3-4-12-11(7-10)16(6-2-5-14)13(17)9-18-12/h3-4,7,15H,2,5-6,8-9,14H2,1H3. The Balaban J connectivity index is 2.27. The lowest BCUT2D eigenvalue weighted by molar-refractivity contribution is -0.116. The molecule has 0 spiro atoms. The van der Waals surface area contributed by atoms with Gasteiger partial charge >= 0.3 is 0 Å². The van der Waals surface area contributed by atoms with Gasteiger partial charge in [0.25, 0.3) is 0 Å². The summed E-state index contributed by atoms with van der Waals surface area (Å²) in [4.78, 5) is 15.0. The highest BCUT2D eigenvalue weighted by Gasteiger charge is 2.24. The van der Waals surface area contributed by atoms with Gasteiger partial charge in [-0.2, -0.15) is 0 Å². The first-order valence-electron chi connectivity index (χ1n) is 6.17. The van der Waals surface area contributed by atoms with Crippen LogP contribution < -0.4 is 16.0 Å². The van der Waals surface area contributed by atoms with E-state index in [4.69, 9.17) is 5.73 Å². The van der Waals surface area contributed by atoms with E-state index in [0.29, 0.717) is 18.8 Å². The molecule has 0 bridgehead atoms. The van der Waals surface area contributed by atoms with Gasteiger partial charge in [0, 0.05) is 18.0 Å². The van der Waals surface area contributed by atoms with Crippen LogP contribution in [0.25, 0.3) is 0 Å². The zero-order valence-corrected chi connectivity index (χ0v) is 11.4. The highest BCUT2D eigenvalue weighted by atomic mass is 32.2. The zero-order valence-electron chi connectivity index (χ0n) is 10.6. The number of carbonyl (C=O) groups is 1.